The summed E-state index contributed by atoms with van der Waals surface area (Å²) in [6.45, 7) is 1.46. The van der Waals surface area contributed by atoms with Crippen LogP contribution in [0.2, 0.25) is 10.0 Å². The minimum absolute atomic E-state index is 0.0597. The highest BCUT2D eigenvalue weighted by Gasteiger charge is 2.45. The summed E-state index contributed by atoms with van der Waals surface area (Å²) in [7, 11) is 1.31. The van der Waals surface area contributed by atoms with E-state index in [1.807, 2.05) is 0 Å². The van der Waals surface area contributed by atoms with Gasteiger partial charge in [-0.05, 0) is 37.5 Å². The molecule has 0 spiro atoms. The van der Waals surface area contributed by atoms with E-state index < -0.39 is 34.2 Å². The number of hydrogen-bond acceptors (Lipinski definition) is 4. The van der Waals surface area contributed by atoms with Gasteiger partial charge in [-0.15, -0.1) is 0 Å². The number of rotatable bonds is 4. The van der Waals surface area contributed by atoms with Crippen LogP contribution in [0.25, 0.3) is 0 Å². The second-order valence-electron chi connectivity index (χ2n) is 7.36. The molecule has 31 heavy (non-hydrogen) atoms. The van der Waals surface area contributed by atoms with Crippen molar-refractivity contribution < 1.29 is 27.5 Å². The molecular weight excluding hydrogens is 458 g/mol. The Kier molecular flexibility index (Phi) is 6.57. The lowest BCUT2D eigenvalue weighted by molar-refractivity contribution is -0.151. The number of halogens is 5. The molecule has 6 nitrogen and oxygen atoms in total. The molecule has 0 radical (unpaired) electrons. The lowest BCUT2D eigenvalue weighted by Gasteiger charge is -2.40. The molecule has 1 aromatic heterocycles. The third-order valence-corrected chi connectivity index (χ3v) is 6.33. The maximum Gasteiger partial charge on any atom is 0.436 e. The van der Waals surface area contributed by atoms with Gasteiger partial charge >= 0.3 is 12.1 Å². The van der Waals surface area contributed by atoms with Crippen LogP contribution < -0.4 is 0 Å². The monoisotopic (exact) mass is 477 g/mol. The Bertz CT molecular complexity index is 982. The SMILES string of the molecule is COC(=O)C1(c2ccc(Cl)cc2)CCN(C(=O)Cn2nc(C(F)(F)F)c(Cl)c2C)CC1. The molecule has 0 atom stereocenters. The Labute approximate surface area is 186 Å². The minimum atomic E-state index is -4.71. The number of ether oxygens (including phenoxy) is 1. The number of likely N-dealkylation sites (tertiary alicyclic amines) is 1. The molecule has 1 aliphatic rings. The predicted molar refractivity (Wildman–Crippen MR) is 108 cm³/mol. The molecule has 0 aliphatic carbocycles. The van der Waals surface area contributed by atoms with Crippen LogP contribution in [-0.2, 0) is 32.5 Å². The molecule has 0 saturated carbocycles. The molecule has 2 heterocycles. The highest BCUT2D eigenvalue weighted by Crippen LogP contribution is 2.38. The van der Waals surface area contributed by atoms with Crippen LogP contribution in [0.4, 0.5) is 13.2 Å². The van der Waals surface area contributed by atoms with Gasteiger partial charge in [0.1, 0.15) is 6.54 Å². The van der Waals surface area contributed by atoms with Gasteiger partial charge in [-0.1, -0.05) is 35.3 Å². The molecule has 1 amide bonds. The summed E-state index contributed by atoms with van der Waals surface area (Å²) in [6, 6.07) is 6.87. The topological polar surface area (TPSA) is 64.4 Å². The van der Waals surface area contributed by atoms with E-state index in [1.165, 1.54) is 18.9 Å². The number of aromatic nitrogens is 2. The van der Waals surface area contributed by atoms with Crippen molar-refractivity contribution in [1.29, 1.82) is 0 Å². The first-order valence-corrected chi connectivity index (χ1v) is 10.2. The summed E-state index contributed by atoms with van der Waals surface area (Å²) in [6.07, 6.45) is -4.10. The smallest absolute Gasteiger partial charge is 0.436 e. The summed E-state index contributed by atoms with van der Waals surface area (Å²) >= 11 is 11.7. The number of hydrogen-bond donors (Lipinski definition) is 0. The number of esters is 1. The Balaban J connectivity index is 1.76. The maximum absolute atomic E-state index is 13.0. The van der Waals surface area contributed by atoms with E-state index in [1.54, 1.807) is 24.3 Å². The van der Waals surface area contributed by atoms with Crippen molar-refractivity contribution in [1.82, 2.24) is 14.7 Å². The predicted octanol–water partition coefficient (Wildman–Crippen LogP) is 4.25. The average Bonchev–Trinajstić information content (AvgIpc) is 3.02. The standard InChI is InChI=1S/C20H20Cl2F3N3O3/c1-12-16(22)17(20(23,24)25)26-28(12)11-15(29)27-9-7-19(8-10-27,18(30)31-2)13-3-5-14(21)6-4-13/h3-6H,7-11H2,1-2H3. The zero-order valence-corrected chi connectivity index (χ0v) is 18.3. The molecular formula is C20H20Cl2F3N3O3. The normalized spacial score (nSPS) is 16.3. The van der Waals surface area contributed by atoms with Gasteiger partial charge in [0.15, 0.2) is 5.69 Å². The minimum Gasteiger partial charge on any atom is -0.468 e. The fourth-order valence-electron chi connectivity index (χ4n) is 3.80. The van der Waals surface area contributed by atoms with Crippen molar-refractivity contribution in [2.75, 3.05) is 20.2 Å². The zero-order chi connectivity index (χ0) is 23.0. The van der Waals surface area contributed by atoms with E-state index in [4.69, 9.17) is 27.9 Å². The summed E-state index contributed by atoms with van der Waals surface area (Å²) in [5.41, 5.74) is -1.35. The number of amides is 1. The van der Waals surface area contributed by atoms with Crippen LogP contribution in [0.1, 0.15) is 29.8 Å². The molecule has 0 unspecified atom stereocenters. The lowest BCUT2D eigenvalue weighted by Crippen LogP contribution is -2.50. The summed E-state index contributed by atoms with van der Waals surface area (Å²) < 4.78 is 45.0. The third-order valence-electron chi connectivity index (χ3n) is 5.63. The molecule has 11 heteroatoms. The van der Waals surface area contributed by atoms with E-state index in [0.717, 1.165) is 10.2 Å². The van der Waals surface area contributed by atoms with Gasteiger partial charge in [0, 0.05) is 18.1 Å². The van der Waals surface area contributed by atoms with Crippen LogP contribution in [0.5, 0.6) is 0 Å². The number of methoxy groups -OCH3 is 1. The van der Waals surface area contributed by atoms with E-state index in [0.29, 0.717) is 17.9 Å². The first-order valence-electron chi connectivity index (χ1n) is 9.42. The second-order valence-corrected chi connectivity index (χ2v) is 8.18. The number of piperidine rings is 1. The highest BCUT2D eigenvalue weighted by molar-refractivity contribution is 6.32. The molecule has 0 bridgehead atoms. The van der Waals surface area contributed by atoms with Crippen molar-refractivity contribution in [3.63, 3.8) is 0 Å². The Hall–Kier alpha value is -2.26. The number of carbonyl (C=O) groups excluding carboxylic acids is 2. The average molecular weight is 478 g/mol. The van der Waals surface area contributed by atoms with Gasteiger partial charge in [0.2, 0.25) is 5.91 Å². The highest BCUT2D eigenvalue weighted by atomic mass is 35.5. The molecule has 1 aliphatic heterocycles. The quantitative estimate of drug-likeness (QED) is 0.617. The second kappa shape index (κ2) is 8.70. The van der Waals surface area contributed by atoms with Crippen molar-refractivity contribution in [2.45, 2.75) is 37.9 Å². The Morgan fingerprint density at radius 1 is 1.16 bits per heavy atom. The van der Waals surface area contributed by atoms with Gasteiger partial charge in [0.25, 0.3) is 0 Å². The molecule has 0 N–H and O–H groups in total. The number of nitrogens with zero attached hydrogens (tertiary/aromatic N) is 3. The summed E-state index contributed by atoms with van der Waals surface area (Å²) in [5.74, 6) is -0.822. The van der Waals surface area contributed by atoms with E-state index >= 15 is 0 Å². The van der Waals surface area contributed by atoms with E-state index in [2.05, 4.69) is 5.10 Å². The maximum atomic E-state index is 13.0. The van der Waals surface area contributed by atoms with E-state index in [9.17, 15) is 22.8 Å². The zero-order valence-electron chi connectivity index (χ0n) is 16.8. The van der Waals surface area contributed by atoms with Crippen LogP contribution in [-0.4, -0.2) is 46.8 Å². The van der Waals surface area contributed by atoms with E-state index in [-0.39, 0.29) is 25.3 Å². The fourth-order valence-corrected chi connectivity index (χ4v) is 4.17. The molecule has 168 valence electrons. The molecule has 3 rings (SSSR count). The Morgan fingerprint density at radius 3 is 2.23 bits per heavy atom. The summed E-state index contributed by atoms with van der Waals surface area (Å²) in [4.78, 5) is 26.9. The number of benzene rings is 1. The summed E-state index contributed by atoms with van der Waals surface area (Å²) in [5, 5.41) is 3.48. The van der Waals surface area contributed by atoms with Crippen LogP contribution in [0, 0.1) is 6.92 Å². The largest absolute Gasteiger partial charge is 0.468 e. The van der Waals surface area contributed by atoms with Crippen molar-refractivity contribution in [3.05, 3.63) is 51.3 Å². The van der Waals surface area contributed by atoms with Gasteiger partial charge in [-0.25, -0.2) is 0 Å². The molecule has 2 aromatic rings. The third kappa shape index (κ3) is 4.52. The van der Waals surface area contributed by atoms with Gasteiger partial charge in [-0.3, -0.25) is 14.3 Å². The van der Waals surface area contributed by atoms with Crippen molar-refractivity contribution >= 4 is 35.1 Å². The number of carbonyl (C=O) groups is 2. The first-order chi connectivity index (χ1) is 14.5. The Morgan fingerprint density at radius 2 is 1.74 bits per heavy atom. The molecule has 1 aromatic carbocycles. The lowest BCUT2D eigenvalue weighted by atomic mass is 9.72. The van der Waals surface area contributed by atoms with Gasteiger partial charge < -0.3 is 9.64 Å². The van der Waals surface area contributed by atoms with Crippen LogP contribution in [0.3, 0.4) is 0 Å². The molecule has 1 saturated heterocycles. The molecule has 1 fully saturated rings. The van der Waals surface area contributed by atoms with Gasteiger partial charge in [0.05, 0.1) is 23.2 Å². The van der Waals surface area contributed by atoms with Crippen molar-refractivity contribution in [2.24, 2.45) is 0 Å². The van der Waals surface area contributed by atoms with Crippen LogP contribution >= 0.6 is 23.2 Å². The van der Waals surface area contributed by atoms with Crippen LogP contribution in [0.15, 0.2) is 24.3 Å². The first kappa shape index (κ1) is 23.4. The number of alkyl halides is 3. The van der Waals surface area contributed by atoms with Crippen molar-refractivity contribution in [3.8, 4) is 0 Å². The fraction of sp³-hybridized carbons (Fsp3) is 0.450. The van der Waals surface area contributed by atoms with Gasteiger partial charge in [-0.2, -0.15) is 18.3 Å².